The number of rotatable bonds is 5. The van der Waals surface area contributed by atoms with E-state index in [1.54, 1.807) is 14.0 Å². The van der Waals surface area contributed by atoms with E-state index >= 15 is 0 Å². The summed E-state index contributed by atoms with van der Waals surface area (Å²) in [5, 5.41) is 6.82. The highest BCUT2D eigenvalue weighted by atomic mass is 16.2. The van der Waals surface area contributed by atoms with Gasteiger partial charge < -0.3 is 16.8 Å². The highest BCUT2D eigenvalue weighted by molar-refractivity contribution is 5.98. The van der Waals surface area contributed by atoms with E-state index in [-0.39, 0.29) is 18.4 Å². The third-order valence-corrected chi connectivity index (χ3v) is 2.60. The Labute approximate surface area is 106 Å². The number of nitrogens with two attached hydrogens (primary N) is 2. The van der Waals surface area contributed by atoms with Crippen LogP contribution in [0.15, 0.2) is 0 Å². The predicted molar refractivity (Wildman–Crippen MR) is 67.7 cm³/mol. The zero-order valence-electron chi connectivity index (χ0n) is 10.9. The lowest BCUT2D eigenvalue weighted by molar-refractivity contribution is -0.118. The summed E-state index contributed by atoms with van der Waals surface area (Å²) in [4.78, 5) is 22.7. The molecule has 0 aliphatic heterocycles. The summed E-state index contributed by atoms with van der Waals surface area (Å²) in [6, 6.07) is -0.339. The number of aryl methyl sites for hydroxylation is 2. The molecule has 0 aliphatic carbocycles. The molecule has 18 heavy (non-hydrogen) atoms. The van der Waals surface area contributed by atoms with Gasteiger partial charge in [0.2, 0.25) is 5.91 Å². The first kappa shape index (κ1) is 14.0. The molecule has 0 bridgehead atoms. The second kappa shape index (κ2) is 5.52. The molecule has 1 heterocycles. The first-order valence-corrected chi connectivity index (χ1v) is 5.77. The van der Waals surface area contributed by atoms with Gasteiger partial charge in [0.05, 0.1) is 11.4 Å². The second-order valence-corrected chi connectivity index (χ2v) is 4.23. The van der Waals surface area contributed by atoms with Gasteiger partial charge in [-0.3, -0.25) is 14.3 Å². The van der Waals surface area contributed by atoms with Crippen molar-refractivity contribution in [1.29, 1.82) is 0 Å². The number of hydrogen-bond donors (Lipinski definition) is 3. The molecule has 2 amide bonds. The van der Waals surface area contributed by atoms with Crippen molar-refractivity contribution in [3.8, 4) is 0 Å². The van der Waals surface area contributed by atoms with E-state index in [0.29, 0.717) is 23.5 Å². The van der Waals surface area contributed by atoms with Crippen molar-refractivity contribution in [2.45, 2.75) is 32.7 Å². The minimum Gasteiger partial charge on any atom is -0.395 e. The van der Waals surface area contributed by atoms with Gasteiger partial charge in [-0.05, 0) is 13.3 Å². The van der Waals surface area contributed by atoms with E-state index in [4.69, 9.17) is 11.5 Å². The Bertz CT molecular complexity index is 466. The van der Waals surface area contributed by atoms with Gasteiger partial charge in [-0.2, -0.15) is 5.10 Å². The summed E-state index contributed by atoms with van der Waals surface area (Å²) in [5.41, 5.74) is 12.3. The zero-order valence-corrected chi connectivity index (χ0v) is 10.9. The minimum atomic E-state index is -0.463. The molecule has 1 rings (SSSR count). The SMILES string of the molecule is CCc1nn(C)c(C(=O)NC(C)CC(N)=O)c1N. The number of carbonyl (C=O) groups excluding carboxylic acids is 2. The van der Waals surface area contributed by atoms with Crippen molar-refractivity contribution in [2.75, 3.05) is 5.73 Å². The van der Waals surface area contributed by atoms with Crippen molar-refractivity contribution in [1.82, 2.24) is 15.1 Å². The van der Waals surface area contributed by atoms with Crippen LogP contribution in [0.2, 0.25) is 0 Å². The van der Waals surface area contributed by atoms with Crippen molar-refractivity contribution < 1.29 is 9.59 Å². The molecule has 7 heteroatoms. The topological polar surface area (TPSA) is 116 Å². The van der Waals surface area contributed by atoms with Crippen LogP contribution in [-0.2, 0) is 18.3 Å². The van der Waals surface area contributed by atoms with Crippen LogP contribution in [0.5, 0.6) is 0 Å². The highest BCUT2D eigenvalue weighted by Gasteiger charge is 2.20. The maximum absolute atomic E-state index is 12.0. The number of amides is 2. The molecule has 1 aromatic rings. The fourth-order valence-corrected chi connectivity index (χ4v) is 1.77. The van der Waals surface area contributed by atoms with Crippen LogP contribution in [0.4, 0.5) is 5.69 Å². The molecule has 0 aliphatic rings. The molecule has 0 fully saturated rings. The molecule has 7 nitrogen and oxygen atoms in total. The minimum absolute atomic E-state index is 0.0874. The second-order valence-electron chi connectivity index (χ2n) is 4.23. The first-order valence-electron chi connectivity index (χ1n) is 5.77. The van der Waals surface area contributed by atoms with Gasteiger partial charge >= 0.3 is 0 Å². The number of anilines is 1. The number of hydrogen-bond acceptors (Lipinski definition) is 4. The predicted octanol–water partition coefficient (Wildman–Crippen LogP) is -0.442. The number of aromatic nitrogens is 2. The van der Waals surface area contributed by atoms with Crippen molar-refractivity contribution in [2.24, 2.45) is 12.8 Å². The van der Waals surface area contributed by atoms with Gasteiger partial charge in [0.25, 0.3) is 5.91 Å². The number of nitrogens with one attached hydrogen (secondary N) is 1. The van der Waals surface area contributed by atoms with Crippen LogP contribution < -0.4 is 16.8 Å². The monoisotopic (exact) mass is 253 g/mol. The van der Waals surface area contributed by atoms with Crippen LogP contribution in [0.25, 0.3) is 0 Å². The molecule has 0 aromatic carbocycles. The zero-order chi connectivity index (χ0) is 13.9. The summed E-state index contributed by atoms with van der Waals surface area (Å²) in [7, 11) is 1.66. The number of nitrogens with zero attached hydrogens (tertiary/aromatic N) is 2. The molecule has 1 atom stereocenters. The van der Waals surface area contributed by atoms with Crippen LogP contribution >= 0.6 is 0 Å². The molecular formula is C11H19N5O2. The smallest absolute Gasteiger partial charge is 0.271 e. The Morgan fingerprint density at radius 3 is 2.56 bits per heavy atom. The number of primary amides is 1. The van der Waals surface area contributed by atoms with Crippen molar-refractivity contribution in [3.63, 3.8) is 0 Å². The summed E-state index contributed by atoms with van der Waals surface area (Å²) >= 11 is 0. The molecule has 100 valence electrons. The standard InChI is InChI=1S/C11H19N5O2/c1-4-7-9(13)10(16(3)15-7)11(18)14-6(2)5-8(12)17/h6H,4-5,13H2,1-3H3,(H2,12,17)(H,14,18). The average Bonchev–Trinajstić information content (AvgIpc) is 2.52. The molecular weight excluding hydrogens is 234 g/mol. The number of carbonyl (C=O) groups is 2. The van der Waals surface area contributed by atoms with Gasteiger partial charge in [0.15, 0.2) is 0 Å². The van der Waals surface area contributed by atoms with E-state index in [9.17, 15) is 9.59 Å². The van der Waals surface area contributed by atoms with E-state index in [1.165, 1.54) is 4.68 Å². The fourth-order valence-electron chi connectivity index (χ4n) is 1.77. The summed E-state index contributed by atoms with van der Waals surface area (Å²) in [6.07, 6.45) is 0.744. The van der Waals surface area contributed by atoms with Crippen LogP contribution in [-0.4, -0.2) is 27.6 Å². The van der Waals surface area contributed by atoms with E-state index < -0.39 is 5.91 Å². The summed E-state index contributed by atoms with van der Waals surface area (Å²) in [6.45, 7) is 3.62. The highest BCUT2D eigenvalue weighted by Crippen LogP contribution is 2.16. The lowest BCUT2D eigenvalue weighted by atomic mass is 10.2. The van der Waals surface area contributed by atoms with Crippen LogP contribution in [0, 0.1) is 0 Å². The van der Waals surface area contributed by atoms with Gasteiger partial charge in [0.1, 0.15) is 5.69 Å². The molecule has 1 aromatic heterocycles. The van der Waals surface area contributed by atoms with Gasteiger partial charge in [-0.1, -0.05) is 6.92 Å². The maximum Gasteiger partial charge on any atom is 0.271 e. The van der Waals surface area contributed by atoms with Gasteiger partial charge in [0, 0.05) is 19.5 Å². The maximum atomic E-state index is 12.0. The molecule has 0 saturated heterocycles. The average molecular weight is 253 g/mol. The lowest BCUT2D eigenvalue weighted by Gasteiger charge is -2.12. The lowest BCUT2D eigenvalue weighted by Crippen LogP contribution is -2.36. The number of nitrogen functional groups attached to an aromatic ring is 1. The van der Waals surface area contributed by atoms with E-state index in [0.717, 1.165) is 0 Å². The summed E-state index contributed by atoms with van der Waals surface area (Å²) < 4.78 is 1.44. The Morgan fingerprint density at radius 2 is 2.11 bits per heavy atom. The largest absolute Gasteiger partial charge is 0.395 e. The molecule has 1 unspecified atom stereocenters. The fraction of sp³-hybridized carbons (Fsp3) is 0.545. The first-order chi connectivity index (χ1) is 8.36. The van der Waals surface area contributed by atoms with E-state index in [1.807, 2.05) is 6.92 Å². The molecule has 5 N–H and O–H groups in total. The van der Waals surface area contributed by atoms with Crippen molar-refractivity contribution in [3.05, 3.63) is 11.4 Å². The molecule has 0 saturated carbocycles. The van der Waals surface area contributed by atoms with Crippen LogP contribution in [0.1, 0.15) is 36.5 Å². The van der Waals surface area contributed by atoms with E-state index in [2.05, 4.69) is 10.4 Å². The molecule has 0 radical (unpaired) electrons. The Kier molecular flexibility index (Phi) is 4.30. The Balaban J connectivity index is 2.84. The molecule has 0 spiro atoms. The quantitative estimate of drug-likeness (QED) is 0.659. The van der Waals surface area contributed by atoms with Crippen LogP contribution in [0.3, 0.4) is 0 Å². The van der Waals surface area contributed by atoms with Crippen molar-refractivity contribution >= 4 is 17.5 Å². The normalized spacial score (nSPS) is 12.2. The third kappa shape index (κ3) is 2.99. The van der Waals surface area contributed by atoms with Gasteiger partial charge in [-0.25, -0.2) is 0 Å². The summed E-state index contributed by atoms with van der Waals surface area (Å²) in [5.74, 6) is -0.814. The third-order valence-electron chi connectivity index (χ3n) is 2.60. The Hall–Kier alpha value is -2.05. The van der Waals surface area contributed by atoms with Gasteiger partial charge in [-0.15, -0.1) is 0 Å². The Morgan fingerprint density at radius 1 is 1.50 bits per heavy atom.